The van der Waals surface area contributed by atoms with Crippen molar-refractivity contribution < 1.29 is 14.7 Å². The third-order valence-electron chi connectivity index (χ3n) is 3.42. The van der Waals surface area contributed by atoms with E-state index in [0.717, 1.165) is 12.8 Å². The molecule has 0 heterocycles. The van der Waals surface area contributed by atoms with Crippen LogP contribution in [0, 0.1) is 5.41 Å². The molecule has 2 rings (SSSR count). The van der Waals surface area contributed by atoms with Gasteiger partial charge in [-0.2, -0.15) is 0 Å². The fourth-order valence-electron chi connectivity index (χ4n) is 2.42. The summed E-state index contributed by atoms with van der Waals surface area (Å²) >= 11 is 5.95. The molecule has 0 atom stereocenters. The van der Waals surface area contributed by atoms with Crippen molar-refractivity contribution in [3.63, 3.8) is 0 Å². The minimum atomic E-state index is -1.26. The molecule has 0 amide bonds. The molecule has 17 heavy (non-hydrogen) atoms. The molecule has 90 valence electrons. The minimum absolute atomic E-state index is 0.318. The molecule has 1 aliphatic rings. The molecule has 4 heteroatoms. The maximum absolute atomic E-state index is 12.4. The highest BCUT2D eigenvalue weighted by molar-refractivity contribution is 6.34. The molecule has 0 radical (unpaired) electrons. The van der Waals surface area contributed by atoms with Crippen LogP contribution in [0.2, 0.25) is 5.02 Å². The lowest BCUT2D eigenvalue weighted by Gasteiger charge is -2.22. The van der Waals surface area contributed by atoms with E-state index in [1.807, 2.05) is 0 Å². The first-order valence-corrected chi connectivity index (χ1v) is 5.98. The van der Waals surface area contributed by atoms with Crippen molar-refractivity contribution in [1.29, 1.82) is 0 Å². The van der Waals surface area contributed by atoms with Gasteiger partial charge < -0.3 is 5.11 Å². The monoisotopic (exact) mass is 252 g/mol. The third kappa shape index (κ3) is 1.95. The van der Waals surface area contributed by atoms with Crippen LogP contribution in [0.15, 0.2) is 24.3 Å². The lowest BCUT2D eigenvalue weighted by Crippen LogP contribution is -2.36. The highest BCUT2D eigenvalue weighted by atomic mass is 35.5. The SMILES string of the molecule is O=C(O)C1(C(=O)c2ccccc2Cl)CCCC1. The standard InChI is InChI=1S/C13H13ClO3/c14-10-6-2-1-5-9(10)11(15)13(12(16)17)7-3-4-8-13/h1-2,5-6H,3-4,7-8H2,(H,16,17). The topological polar surface area (TPSA) is 54.4 Å². The molecule has 1 aromatic carbocycles. The number of Topliss-reactive ketones (excluding diaryl/α,β-unsaturated/α-hetero) is 1. The summed E-state index contributed by atoms with van der Waals surface area (Å²) in [5.74, 6) is -1.38. The number of carboxylic acids is 1. The molecule has 1 fully saturated rings. The Morgan fingerprint density at radius 3 is 2.29 bits per heavy atom. The summed E-state index contributed by atoms with van der Waals surface area (Å²) in [6.45, 7) is 0. The van der Waals surface area contributed by atoms with Gasteiger partial charge in [-0.15, -0.1) is 0 Å². The molecule has 0 spiro atoms. The Hall–Kier alpha value is -1.35. The molecule has 1 aromatic rings. The van der Waals surface area contributed by atoms with Crippen molar-refractivity contribution >= 4 is 23.4 Å². The Morgan fingerprint density at radius 1 is 1.18 bits per heavy atom. The second kappa shape index (κ2) is 4.49. The average molecular weight is 253 g/mol. The summed E-state index contributed by atoms with van der Waals surface area (Å²) in [6.07, 6.45) is 2.38. The van der Waals surface area contributed by atoms with E-state index in [9.17, 15) is 14.7 Å². The third-order valence-corrected chi connectivity index (χ3v) is 3.75. The average Bonchev–Trinajstić information content (AvgIpc) is 2.79. The van der Waals surface area contributed by atoms with Crippen LogP contribution < -0.4 is 0 Å². The highest BCUT2D eigenvalue weighted by Gasteiger charge is 2.48. The van der Waals surface area contributed by atoms with Gasteiger partial charge in [-0.05, 0) is 25.0 Å². The predicted octanol–water partition coefficient (Wildman–Crippen LogP) is 3.17. The molecule has 3 nitrogen and oxygen atoms in total. The van der Waals surface area contributed by atoms with Crippen molar-refractivity contribution in [2.24, 2.45) is 5.41 Å². The lowest BCUT2D eigenvalue weighted by atomic mass is 9.79. The van der Waals surface area contributed by atoms with Gasteiger partial charge in [-0.3, -0.25) is 9.59 Å². The van der Waals surface area contributed by atoms with Crippen molar-refractivity contribution in [1.82, 2.24) is 0 Å². The van der Waals surface area contributed by atoms with Crippen LogP contribution in [0.25, 0.3) is 0 Å². The van der Waals surface area contributed by atoms with Gasteiger partial charge in [-0.1, -0.05) is 36.6 Å². The number of rotatable bonds is 3. The van der Waals surface area contributed by atoms with Crippen LogP contribution in [0.4, 0.5) is 0 Å². The van der Waals surface area contributed by atoms with E-state index < -0.39 is 11.4 Å². The van der Waals surface area contributed by atoms with Crippen LogP contribution >= 0.6 is 11.6 Å². The van der Waals surface area contributed by atoms with Crippen molar-refractivity contribution in [2.45, 2.75) is 25.7 Å². The molecule has 1 aliphatic carbocycles. The normalized spacial score (nSPS) is 17.9. The van der Waals surface area contributed by atoms with Gasteiger partial charge in [0.2, 0.25) is 0 Å². The molecule has 1 saturated carbocycles. The number of aliphatic carboxylic acids is 1. The highest BCUT2D eigenvalue weighted by Crippen LogP contribution is 2.42. The molecule has 0 unspecified atom stereocenters. The lowest BCUT2D eigenvalue weighted by molar-refractivity contribution is -0.145. The van der Waals surface area contributed by atoms with E-state index in [1.165, 1.54) is 0 Å². The fraction of sp³-hybridized carbons (Fsp3) is 0.385. The number of halogens is 1. The zero-order valence-corrected chi connectivity index (χ0v) is 10.0. The first kappa shape index (κ1) is 12.1. The van der Waals surface area contributed by atoms with E-state index >= 15 is 0 Å². The fourth-order valence-corrected chi connectivity index (χ4v) is 2.64. The molecule has 1 N–H and O–H groups in total. The first-order chi connectivity index (χ1) is 8.08. The second-order valence-electron chi connectivity index (χ2n) is 4.40. The Morgan fingerprint density at radius 2 is 1.76 bits per heavy atom. The number of ketones is 1. The van der Waals surface area contributed by atoms with Gasteiger partial charge >= 0.3 is 5.97 Å². The van der Waals surface area contributed by atoms with Gasteiger partial charge in [0.1, 0.15) is 5.41 Å². The zero-order valence-electron chi connectivity index (χ0n) is 9.28. The molecule has 0 aliphatic heterocycles. The van der Waals surface area contributed by atoms with Gasteiger partial charge in [0.05, 0.1) is 5.02 Å². The summed E-state index contributed by atoms with van der Waals surface area (Å²) in [7, 11) is 0. The molecule has 0 aromatic heterocycles. The van der Waals surface area contributed by atoms with E-state index in [0.29, 0.717) is 23.4 Å². The van der Waals surface area contributed by atoms with E-state index in [2.05, 4.69) is 0 Å². The van der Waals surface area contributed by atoms with Crippen LogP contribution in [0.5, 0.6) is 0 Å². The van der Waals surface area contributed by atoms with E-state index in [1.54, 1.807) is 24.3 Å². The first-order valence-electron chi connectivity index (χ1n) is 5.61. The number of carbonyl (C=O) groups is 2. The van der Waals surface area contributed by atoms with Gasteiger partial charge in [0.25, 0.3) is 0 Å². The van der Waals surface area contributed by atoms with E-state index in [-0.39, 0.29) is 5.78 Å². The Labute approximate surface area is 104 Å². The van der Waals surface area contributed by atoms with Crippen molar-refractivity contribution in [3.05, 3.63) is 34.9 Å². The molecular formula is C13H13ClO3. The summed E-state index contributed by atoms with van der Waals surface area (Å²) < 4.78 is 0. The quantitative estimate of drug-likeness (QED) is 0.664. The molecule has 0 bridgehead atoms. The number of carboxylic acid groups (broad SMARTS) is 1. The van der Waals surface area contributed by atoms with E-state index in [4.69, 9.17) is 11.6 Å². The molecule has 0 saturated heterocycles. The Bertz CT molecular complexity index is 461. The largest absolute Gasteiger partial charge is 0.480 e. The number of hydrogen-bond acceptors (Lipinski definition) is 2. The number of carbonyl (C=O) groups excluding carboxylic acids is 1. The van der Waals surface area contributed by atoms with Crippen LogP contribution in [0.1, 0.15) is 36.0 Å². The predicted molar refractivity (Wildman–Crippen MR) is 64.3 cm³/mol. The number of hydrogen-bond donors (Lipinski definition) is 1. The van der Waals surface area contributed by atoms with Crippen molar-refractivity contribution in [2.75, 3.05) is 0 Å². The van der Waals surface area contributed by atoms with Crippen LogP contribution in [-0.4, -0.2) is 16.9 Å². The molecular weight excluding hydrogens is 240 g/mol. The summed E-state index contributed by atoms with van der Waals surface area (Å²) in [5.41, 5.74) is -0.941. The van der Waals surface area contributed by atoms with Crippen LogP contribution in [0.3, 0.4) is 0 Å². The smallest absolute Gasteiger partial charge is 0.317 e. The summed E-state index contributed by atoms with van der Waals surface area (Å²) in [5, 5.41) is 9.65. The van der Waals surface area contributed by atoms with Crippen molar-refractivity contribution in [3.8, 4) is 0 Å². The zero-order chi connectivity index (χ0) is 12.5. The maximum atomic E-state index is 12.4. The van der Waals surface area contributed by atoms with Gasteiger partial charge in [-0.25, -0.2) is 0 Å². The Balaban J connectivity index is 2.42. The van der Waals surface area contributed by atoms with Gasteiger partial charge in [0, 0.05) is 5.56 Å². The Kier molecular flexibility index (Phi) is 3.20. The summed E-state index contributed by atoms with van der Waals surface area (Å²) in [4.78, 5) is 23.8. The second-order valence-corrected chi connectivity index (χ2v) is 4.81. The van der Waals surface area contributed by atoms with Crippen LogP contribution in [-0.2, 0) is 4.79 Å². The van der Waals surface area contributed by atoms with Gasteiger partial charge in [0.15, 0.2) is 5.78 Å². The minimum Gasteiger partial charge on any atom is -0.480 e. The summed E-state index contributed by atoms with van der Waals surface area (Å²) in [6, 6.07) is 6.62. The number of benzene rings is 1. The maximum Gasteiger partial charge on any atom is 0.317 e.